The van der Waals surface area contributed by atoms with Crippen molar-refractivity contribution in [1.29, 1.82) is 0 Å². The van der Waals surface area contributed by atoms with E-state index in [0.29, 0.717) is 12.0 Å². The molecule has 0 amide bonds. The summed E-state index contributed by atoms with van der Waals surface area (Å²) in [6.07, 6.45) is 4.34. The molecule has 0 saturated heterocycles. The molecule has 3 nitrogen and oxygen atoms in total. The maximum atomic E-state index is 11.9. The first-order chi connectivity index (χ1) is 8.27. The van der Waals surface area contributed by atoms with Gasteiger partial charge in [-0.1, -0.05) is 24.3 Å². The largest absolute Gasteiger partial charge is 0.294 e. The molecule has 0 aliphatic heterocycles. The average molecular weight is 226 g/mol. The number of benzene rings is 1. The maximum Gasteiger partial charge on any atom is 0.164 e. The maximum absolute atomic E-state index is 11.9. The fraction of sp³-hybridized carbons (Fsp3) is 0.214. The Morgan fingerprint density at radius 2 is 2.00 bits per heavy atom. The van der Waals surface area contributed by atoms with Crippen LogP contribution in [0.4, 0.5) is 0 Å². The minimum Gasteiger partial charge on any atom is -0.294 e. The Labute approximate surface area is 101 Å². The van der Waals surface area contributed by atoms with Crippen molar-refractivity contribution in [3.05, 3.63) is 59.4 Å². The Bertz CT molecular complexity index is 509. The summed E-state index contributed by atoms with van der Waals surface area (Å²) in [6, 6.07) is 9.84. The number of rotatable bonds is 4. The van der Waals surface area contributed by atoms with Gasteiger partial charge in [-0.05, 0) is 30.5 Å². The Kier molecular flexibility index (Phi) is 3.60. The van der Waals surface area contributed by atoms with Gasteiger partial charge in [-0.25, -0.2) is 0 Å². The fourth-order valence-electron chi connectivity index (χ4n) is 1.74. The zero-order valence-electron chi connectivity index (χ0n) is 9.76. The third-order valence-electron chi connectivity index (χ3n) is 2.79. The molecule has 0 spiro atoms. The highest BCUT2D eigenvalue weighted by Gasteiger charge is 2.06. The number of carbonyl (C=O) groups is 1. The van der Waals surface area contributed by atoms with Crippen molar-refractivity contribution in [2.24, 2.45) is 0 Å². The number of aryl methyl sites for hydroxylation is 2. The van der Waals surface area contributed by atoms with Gasteiger partial charge in [0.25, 0.3) is 0 Å². The highest BCUT2D eigenvalue weighted by Crippen LogP contribution is 2.11. The van der Waals surface area contributed by atoms with E-state index in [4.69, 9.17) is 0 Å². The summed E-state index contributed by atoms with van der Waals surface area (Å²) in [5, 5.41) is 7.37. The summed E-state index contributed by atoms with van der Waals surface area (Å²) in [6.45, 7) is 2.06. The number of hydrogen-bond acceptors (Lipinski definition) is 3. The Morgan fingerprint density at radius 1 is 1.18 bits per heavy atom. The van der Waals surface area contributed by atoms with Gasteiger partial charge >= 0.3 is 0 Å². The smallest absolute Gasteiger partial charge is 0.164 e. The lowest BCUT2D eigenvalue weighted by Gasteiger charge is -2.04. The number of carbonyl (C=O) groups excluding carboxylic acids is 1. The third-order valence-corrected chi connectivity index (χ3v) is 2.79. The van der Waals surface area contributed by atoms with E-state index in [1.165, 1.54) is 17.3 Å². The van der Waals surface area contributed by atoms with E-state index in [1.54, 1.807) is 12.3 Å². The Morgan fingerprint density at radius 3 is 2.71 bits per heavy atom. The van der Waals surface area contributed by atoms with Crippen LogP contribution in [-0.4, -0.2) is 16.0 Å². The van der Waals surface area contributed by atoms with Gasteiger partial charge < -0.3 is 0 Å². The molecule has 2 rings (SSSR count). The van der Waals surface area contributed by atoms with Crippen LogP contribution in [0.2, 0.25) is 0 Å². The molecule has 0 N–H and O–H groups in total. The van der Waals surface area contributed by atoms with Gasteiger partial charge in [0.1, 0.15) is 0 Å². The van der Waals surface area contributed by atoms with Crippen LogP contribution in [0.5, 0.6) is 0 Å². The molecule has 0 aliphatic rings. The van der Waals surface area contributed by atoms with Crippen molar-refractivity contribution in [2.75, 3.05) is 0 Å². The molecule has 2 aromatic rings. The lowest BCUT2D eigenvalue weighted by Crippen LogP contribution is -2.02. The van der Waals surface area contributed by atoms with Gasteiger partial charge in [0.05, 0.1) is 12.4 Å². The summed E-state index contributed by atoms with van der Waals surface area (Å²) in [7, 11) is 0. The van der Waals surface area contributed by atoms with E-state index in [9.17, 15) is 4.79 Å². The minimum atomic E-state index is 0.114. The fourth-order valence-corrected chi connectivity index (χ4v) is 1.74. The molecule has 0 aliphatic carbocycles. The minimum absolute atomic E-state index is 0.114. The third kappa shape index (κ3) is 2.97. The topological polar surface area (TPSA) is 42.9 Å². The van der Waals surface area contributed by atoms with Crippen LogP contribution in [0.3, 0.4) is 0 Å². The van der Waals surface area contributed by atoms with Crippen molar-refractivity contribution >= 4 is 5.78 Å². The lowest BCUT2D eigenvalue weighted by molar-refractivity contribution is 0.0982. The first-order valence-electron chi connectivity index (χ1n) is 5.62. The first-order valence-corrected chi connectivity index (χ1v) is 5.62. The van der Waals surface area contributed by atoms with Crippen LogP contribution in [0, 0.1) is 6.92 Å². The molecule has 0 radical (unpaired) electrons. The molecule has 0 atom stereocenters. The average Bonchev–Trinajstić information content (AvgIpc) is 2.38. The molecule has 1 aromatic carbocycles. The molecule has 0 fully saturated rings. The number of nitrogens with zero attached hydrogens (tertiary/aromatic N) is 2. The van der Waals surface area contributed by atoms with Crippen LogP contribution < -0.4 is 0 Å². The van der Waals surface area contributed by atoms with E-state index >= 15 is 0 Å². The molecule has 1 aromatic heterocycles. The number of Topliss-reactive ketones (excluding diaryl/α,β-unsaturated/α-hetero) is 1. The monoisotopic (exact) mass is 226 g/mol. The summed E-state index contributed by atoms with van der Waals surface area (Å²) in [5.74, 6) is 0.114. The van der Waals surface area contributed by atoms with Crippen molar-refractivity contribution in [2.45, 2.75) is 19.8 Å². The summed E-state index contributed by atoms with van der Waals surface area (Å²) >= 11 is 0. The second kappa shape index (κ2) is 5.34. The van der Waals surface area contributed by atoms with Crippen LogP contribution in [-0.2, 0) is 6.42 Å². The molecule has 17 heavy (non-hydrogen) atoms. The normalized spacial score (nSPS) is 10.2. The van der Waals surface area contributed by atoms with E-state index in [2.05, 4.69) is 29.3 Å². The summed E-state index contributed by atoms with van der Waals surface area (Å²) in [5.41, 5.74) is 3.09. The molecule has 0 bridgehead atoms. The highest BCUT2D eigenvalue weighted by atomic mass is 16.1. The van der Waals surface area contributed by atoms with E-state index in [0.717, 1.165) is 6.42 Å². The predicted molar refractivity (Wildman–Crippen MR) is 65.9 cm³/mol. The number of hydrogen-bond donors (Lipinski definition) is 0. The van der Waals surface area contributed by atoms with Crippen molar-refractivity contribution < 1.29 is 4.79 Å². The van der Waals surface area contributed by atoms with Gasteiger partial charge in [-0.3, -0.25) is 4.79 Å². The number of aromatic nitrogens is 2. The molecular formula is C14H14N2O. The van der Waals surface area contributed by atoms with Crippen molar-refractivity contribution in [3.63, 3.8) is 0 Å². The van der Waals surface area contributed by atoms with Crippen LogP contribution in [0.25, 0.3) is 0 Å². The Balaban J connectivity index is 2.00. The van der Waals surface area contributed by atoms with E-state index in [-0.39, 0.29) is 5.78 Å². The van der Waals surface area contributed by atoms with Crippen molar-refractivity contribution in [3.8, 4) is 0 Å². The lowest BCUT2D eigenvalue weighted by atomic mass is 10.0. The molecular weight excluding hydrogens is 212 g/mol. The standard InChI is InChI=1S/C14H14N2O/c1-11-4-2-3-5-12(11)6-7-14(17)13-8-9-15-16-10-13/h2-5,8-10H,6-7H2,1H3. The summed E-state index contributed by atoms with van der Waals surface area (Å²) < 4.78 is 0. The van der Waals surface area contributed by atoms with Crippen LogP contribution in [0.1, 0.15) is 27.9 Å². The van der Waals surface area contributed by atoms with Crippen LogP contribution in [0.15, 0.2) is 42.7 Å². The quantitative estimate of drug-likeness (QED) is 0.752. The van der Waals surface area contributed by atoms with E-state index in [1.807, 2.05) is 12.1 Å². The summed E-state index contributed by atoms with van der Waals surface area (Å²) in [4.78, 5) is 11.9. The molecule has 0 saturated carbocycles. The van der Waals surface area contributed by atoms with Gasteiger partial charge in [0.2, 0.25) is 0 Å². The predicted octanol–water partition coefficient (Wildman–Crippen LogP) is 2.60. The highest BCUT2D eigenvalue weighted by molar-refractivity contribution is 5.95. The van der Waals surface area contributed by atoms with Gasteiger partial charge in [0.15, 0.2) is 5.78 Å². The van der Waals surface area contributed by atoms with Crippen molar-refractivity contribution in [1.82, 2.24) is 10.2 Å². The SMILES string of the molecule is Cc1ccccc1CCC(=O)c1ccnnc1. The number of ketones is 1. The van der Waals surface area contributed by atoms with E-state index < -0.39 is 0 Å². The molecule has 3 heteroatoms. The Hall–Kier alpha value is -2.03. The van der Waals surface area contributed by atoms with Gasteiger partial charge in [-0.2, -0.15) is 10.2 Å². The zero-order chi connectivity index (χ0) is 12.1. The molecule has 1 heterocycles. The second-order valence-electron chi connectivity index (χ2n) is 3.98. The second-order valence-corrected chi connectivity index (χ2v) is 3.98. The first kappa shape index (κ1) is 11.5. The van der Waals surface area contributed by atoms with Crippen LogP contribution >= 0.6 is 0 Å². The molecule has 0 unspecified atom stereocenters. The van der Waals surface area contributed by atoms with Gasteiger partial charge in [0, 0.05) is 12.0 Å². The molecule has 86 valence electrons. The van der Waals surface area contributed by atoms with Gasteiger partial charge in [-0.15, -0.1) is 0 Å². The zero-order valence-corrected chi connectivity index (χ0v) is 9.76.